The summed E-state index contributed by atoms with van der Waals surface area (Å²) >= 11 is 0. The van der Waals surface area contributed by atoms with Crippen LogP contribution in [0.15, 0.2) is 41.6 Å². The molecule has 13 heteroatoms. The van der Waals surface area contributed by atoms with E-state index in [1.54, 1.807) is 11.0 Å². The molecule has 1 aromatic heterocycles. The number of hydrogen-bond donors (Lipinski definition) is 1. The Kier molecular flexibility index (Phi) is 8.08. The maximum absolute atomic E-state index is 13.4. The van der Waals surface area contributed by atoms with Gasteiger partial charge in [0.25, 0.3) is 5.91 Å². The topological polar surface area (TPSA) is 96.8 Å². The van der Waals surface area contributed by atoms with Gasteiger partial charge in [0.1, 0.15) is 17.8 Å². The van der Waals surface area contributed by atoms with Crippen molar-refractivity contribution in [3.05, 3.63) is 47.8 Å². The van der Waals surface area contributed by atoms with E-state index >= 15 is 0 Å². The Hall–Kier alpha value is -3.76. The number of piperazine rings is 1. The number of nitrogens with zero attached hydrogens (tertiary/aromatic N) is 4. The molecule has 9 nitrogen and oxygen atoms in total. The zero-order chi connectivity index (χ0) is 28.4. The number of fused-ring (bicyclic) bond motifs is 1. The zero-order valence-corrected chi connectivity index (χ0v) is 22.5. The van der Waals surface area contributed by atoms with Crippen LogP contribution in [0.25, 0.3) is 11.0 Å². The molecular formula is C26H28F3N5O4S. The number of alkyl halides is 3. The summed E-state index contributed by atoms with van der Waals surface area (Å²) in [7, 11) is -0.0368. The Morgan fingerprint density at radius 2 is 1.87 bits per heavy atom. The average molecular weight is 564 g/mol. The maximum atomic E-state index is 13.4. The van der Waals surface area contributed by atoms with Crippen molar-refractivity contribution in [2.75, 3.05) is 58.5 Å². The summed E-state index contributed by atoms with van der Waals surface area (Å²) in [5.74, 6) is 5.90. The van der Waals surface area contributed by atoms with Gasteiger partial charge in [-0.1, -0.05) is 11.8 Å². The molecule has 39 heavy (non-hydrogen) atoms. The molecule has 1 aliphatic rings. The number of halogens is 3. The lowest BCUT2D eigenvalue weighted by molar-refractivity contribution is -0.139. The van der Waals surface area contributed by atoms with Crippen LogP contribution in [-0.4, -0.2) is 93.0 Å². The van der Waals surface area contributed by atoms with Crippen LogP contribution in [0.5, 0.6) is 5.75 Å². The number of carbonyl (C=O) groups excluding carboxylic acids is 1. The molecule has 0 bridgehead atoms. The highest BCUT2D eigenvalue weighted by atomic mass is 32.2. The molecule has 2 heterocycles. The number of amides is 1. The van der Waals surface area contributed by atoms with Gasteiger partial charge in [0.2, 0.25) is 0 Å². The van der Waals surface area contributed by atoms with Crippen molar-refractivity contribution in [2.45, 2.75) is 17.6 Å². The van der Waals surface area contributed by atoms with Crippen LogP contribution in [-0.2, 0) is 16.4 Å². The van der Waals surface area contributed by atoms with Gasteiger partial charge < -0.3 is 24.4 Å². The number of nitrogens with one attached hydrogen (secondary N) is 1. The minimum atomic E-state index is -4.47. The molecule has 0 atom stereocenters. The highest BCUT2D eigenvalue weighted by molar-refractivity contribution is 7.90. The number of hydrogen-bond acceptors (Lipinski definition) is 7. The normalized spacial score (nSPS) is 14.7. The molecule has 1 saturated heterocycles. The zero-order valence-electron chi connectivity index (χ0n) is 21.7. The Morgan fingerprint density at radius 1 is 1.15 bits per heavy atom. The van der Waals surface area contributed by atoms with Crippen LogP contribution < -0.4 is 10.1 Å². The van der Waals surface area contributed by atoms with Gasteiger partial charge in [-0.05, 0) is 37.4 Å². The number of carbonyl (C=O) groups is 1. The quantitative estimate of drug-likeness (QED) is 0.461. The fourth-order valence-corrected chi connectivity index (χ4v) is 4.89. The first-order chi connectivity index (χ1) is 18.4. The average Bonchev–Trinajstić information content (AvgIpc) is 3.26. The van der Waals surface area contributed by atoms with Gasteiger partial charge in [0, 0.05) is 38.0 Å². The van der Waals surface area contributed by atoms with E-state index in [1.165, 1.54) is 31.4 Å². The van der Waals surface area contributed by atoms with Gasteiger partial charge in [0.05, 0.1) is 41.6 Å². The molecule has 4 rings (SSSR count). The summed E-state index contributed by atoms with van der Waals surface area (Å²) in [5.41, 5.74) is 1.31. The van der Waals surface area contributed by atoms with Crippen LogP contribution in [0.3, 0.4) is 0 Å². The summed E-state index contributed by atoms with van der Waals surface area (Å²) < 4.78 is 69.6. The molecule has 0 spiro atoms. The number of imidazole rings is 1. The molecule has 0 aliphatic carbocycles. The summed E-state index contributed by atoms with van der Waals surface area (Å²) in [5, 5.41) is 3.01. The van der Waals surface area contributed by atoms with Crippen molar-refractivity contribution in [2.24, 2.45) is 0 Å². The van der Waals surface area contributed by atoms with Gasteiger partial charge in [0.15, 0.2) is 9.84 Å². The monoisotopic (exact) mass is 563 g/mol. The predicted molar refractivity (Wildman–Crippen MR) is 141 cm³/mol. The minimum Gasteiger partial charge on any atom is -0.495 e. The van der Waals surface area contributed by atoms with E-state index in [-0.39, 0.29) is 33.9 Å². The third-order valence-electron chi connectivity index (χ3n) is 6.30. The van der Waals surface area contributed by atoms with Crippen LogP contribution in [0, 0.1) is 11.8 Å². The Bertz CT molecular complexity index is 1550. The van der Waals surface area contributed by atoms with E-state index in [0.29, 0.717) is 43.2 Å². The van der Waals surface area contributed by atoms with E-state index in [4.69, 9.17) is 4.74 Å². The number of aromatic nitrogens is 2. The van der Waals surface area contributed by atoms with E-state index in [2.05, 4.69) is 27.0 Å². The summed E-state index contributed by atoms with van der Waals surface area (Å²) in [6.07, 6.45) is -2.29. The van der Waals surface area contributed by atoms with Gasteiger partial charge in [-0.3, -0.25) is 4.79 Å². The van der Waals surface area contributed by atoms with E-state index in [9.17, 15) is 26.4 Å². The van der Waals surface area contributed by atoms with Crippen molar-refractivity contribution in [3.8, 4) is 17.6 Å². The Morgan fingerprint density at radius 3 is 2.51 bits per heavy atom. The molecule has 1 N–H and O–H groups in total. The fourth-order valence-electron chi connectivity index (χ4n) is 4.24. The summed E-state index contributed by atoms with van der Waals surface area (Å²) in [6.45, 7) is 1.19. The van der Waals surface area contributed by atoms with Crippen molar-refractivity contribution in [1.29, 1.82) is 0 Å². The standard InChI is InChI=1S/C26H28F3N5O4S/c1-32-9-11-33(12-10-32)25(35)20-13-18(14-22-24(20)31-17-34(22)16-26(27,28)29)5-4-8-30-21-15-19(39(3,36)37)6-7-23(21)38-2/h6-7,13-15,17,30H,8-12,16H2,1-3H3. The second kappa shape index (κ2) is 11.2. The molecule has 1 fully saturated rings. The second-order valence-electron chi connectivity index (χ2n) is 9.26. The van der Waals surface area contributed by atoms with E-state index in [1.807, 2.05) is 7.05 Å². The number of likely N-dealkylation sites (N-methyl/N-ethyl adjacent to an activating group) is 1. The van der Waals surface area contributed by atoms with Gasteiger partial charge >= 0.3 is 6.18 Å². The highest BCUT2D eigenvalue weighted by Gasteiger charge is 2.30. The molecule has 2 aromatic carbocycles. The smallest absolute Gasteiger partial charge is 0.406 e. The van der Waals surface area contributed by atoms with Crippen LogP contribution in [0.1, 0.15) is 15.9 Å². The molecule has 0 radical (unpaired) electrons. The fraction of sp³-hybridized carbons (Fsp3) is 0.385. The minimum absolute atomic E-state index is 0.0746. The van der Waals surface area contributed by atoms with Crippen LogP contribution in [0.4, 0.5) is 18.9 Å². The SMILES string of the molecule is COc1ccc(S(C)(=O)=O)cc1NCC#Cc1cc(C(=O)N2CCN(C)CC2)c2ncn(CC(F)(F)F)c2c1. The molecule has 0 unspecified atom stereocenters. The number of anilines is 1. The number of methoxy groups -OCH3 is 1. The number of rotatable bonds is 6. The Labute approximate surface area is 224 Å². The molecule has 1 aliphatic heterocycles. The van der Waals surface area contributed by atoms with E-state index < -0.39 is 22.6 Å². The number of sulfone groups is 1. The number of ether oxygens (including phenoxy) is 1. The lowest BCUT2D eigenvalue weighted by Crippen LogP contribution is -2.47. The Balaban J connectivity index is 1.65. The maximum Gasteiger partial charge on any atom is 0.406 e. The second-order valence-corrected chi connectivity index (χ2v) is 11.3. The molecular weight excluding hydrogens is 535 g/mol. The van der Waals surface area contributed by atoms with Crippen molar-refractivity contribution >= 4 is 32.5 Å². The van der Waals surface area contributed by atoms with Crippen molar-refractivity contribution in [3.63, 3.8) is 0 Å². The number of benzene rings is 2. The lowest BCUT2D eigenvalue weighted by atomic mass is 10.1. The summed E-state index contributed by atoms with van der Waals surface area (Å²) in [4.78, 5) is 21.4. The highest BCUT2D eigenvalue weighted by Crippen LogP contribution is 2.28. The van der Waals surface area contributed by atoms with Crippen molar-refractivity contribution < 1.29 is 31.1 Å². The summed E-state index contributed by atoms with van der Waals surface area (Å²) in [6, 6.07) is 7.42. The molecule has 1 amide bonds. The largest absolute Gasteiger partial charge is 0.495 e. The van der Waals surface area contributed by atoms with Gasteiger partial charge in [-0.15, -0.1) is 0 Å². The first kappa shape index (κ1) is 28.3. The third kappa shape index (κ3) is 6.82. The first-order valence-corrected chi connectivity index (χ1v) is 13.9. The van der Waals surface area contributed by atoms with Gasteiger partial charge in [-0.25, -0.2) is 13.4 Å². The lowest BCUT2D eigenvalue weighted by Gasteiger charge is -2.32. The molecule has 3 aromatic rings. The van der Waals surface area contributed by atoms with E-state index in [0.717, 1.165) is 17.2 Å². The van der Waals surface area contributed by atoms with Crippen LogP contribution >= 0.6 is 0 Å². The third-order valence-corrected chi connectivity index (χ3v) is 7.41. The predicted octanol–water partition coefficient (Wildman–Crippen LogP) is 2.86. The van der Waals surface area contributed by atoms with Gasteiger partial charge in [-0.2, -0.15) is 13.2 Å². The van der Waals surface area contributed by atoms with Crippen LogP contribution in [0.2, 0.25) is 0 Å². The molecule has 0 saturated carbocycles. The molecule has 208 valence electrons. The first-order valence-electron chi connectivity index (χ1n) is 12.0. The van der Waals surface area contributed by atoms with Crippen molar-refractivity contribution in [1.82, 2.24) is 19.4 Å².